The molecule has 2 aromatic rings. The minimum Gasteiger partial charge on any atom is -0.437 e. The normalized spacial score (nSPS) is 20.2. The fourth-order valence-corrected chi connectivity index (χ4v) is 5.25. The molecule has 4 rings (SSSR count). The number of anilines is 1. The molecule has 28 heavy (non-hydrogen) atoms. The van der Waals surface area contributed by atoms with Gasteiger partial charge in [-0.2, -0.15) is 0 Å². The average Bonchev–Trinajstić information content (AvgIpc) is 3.13. The fourth-order valence-electron chi connectivity index (χ4n) is 5.25. The van der Waals surface area contributed by atoms with E-state index >= 15 is 0 Å². The number of aryl methyl sites for hydroxylation is 1. The Balaban J connectivity index is 1.54. The molecule has 1 fully saturated rings. The molecule has 0 amide bonds. The predicted molar refractivity (Wildman–Crippen MR) is 119 cm³/mol. The molecule has 4 heteroatoms. The third-order valence-corrected chi connectivity index (χ3v) is 6.75. The number of para-hydroxylation sites is 1. The molecule has 0 spiro atoms. The number of nitrogens with zero attached hydrogens (tertiary/aromatic N) is 2. The van der Waals surface area contributed by atoms with Gasteiger partial charge in [0, 0.05) is 24.3 Å². The van der Waals surface area contributed by atoms with Crippen molar-refractivity contribution in [2.75, 3.05) is 18.0 Å². The molecule has 2 aliphatic rings. The summed E-state index contributed by atoms with van der Waals surface area (Å²) in [4.78, 5) is 4.97. The number of hydrogen-bond donors (Lipinski definition) is 1. The van der Waals surface area contributed by atoms with Crippen LogP contribution in [0, 0.1) is 6.92 Å². The van der Waals surface area contributed by atoms with Crippen molar-refractivity contribution in [3.8, 4) is 0 Å². The minimum atomic E-state index is -0.340. The van der Waals surface area contributed by atoms with E-state index in [0.29, 0.717) is 12.1 Å². The van der Waals surface area contributed by atoms with Gasteiger partial charge in [-0.05, 0) is 75.2 Å². The lowest BCUT2D eigenvalue weighted by Crippen LogP contribution is -2.49. The topological polar surface area (TPSA) is 26.7 Å². The Kier molecular flexibility index (Phi) is 6.08. The van der Waals surface area contributed by atoms with Crippen LogP contribution in [0.3, 0.4) is 0 Å². The van der Waals surface area contributed by atoms with Crippen LogP contribution in [0.2, 0.25) is 6.82 Å². The molecular weight excluding hydrogens is 343 g/mol. The van der Waals surface area contributed by atoms with Crippen LogP contribution in [0.25, 0.3) is 0 Å². The van der Waals surface area contributed by atoms with Crippen LogP contribution >= 0.6 is 0 Å². The summed E-state index contributed by atoms with van der Waals surface area (Å²) >= 11 is 0. The van der Waals surface area contributed by atoms with E-state index in [1.807, 2.05) is 6.82 Å². The van der Waals surface area contributed by atoms with Gasteiger partial charge in [0.1, 0.15) is 0 Å². The lowest BCUT2D eigenvalue weighted by Gasteiger charge is -2.39. The van der Waals surface area contributed by atoms with Gasteiger partial charge in [0.05, 0.1) is 0 Å². The maximum atomic E-state index is 10.2. The summed E-state index contributed by atoms with van der Waals surface area (Å²) in [5.41, 5.74) is 5.75. The summed E-state index contributed by atoms with van der Waals surface area (Å²) in [5, 5.41) is 10.2. The molecule has 148 valence electrons. The largest absolute Gasteiger partial charge is 0.437 e. The second-order valence-corrected chi connectivity index (χ2v) is 8.62. The first-order valence-electron chi connectivity index (χ1n) is 11.0. The summed E-state index contributed by atoms with van der Waals surface area (Å²) in [6.07, 6.45) is 7.09. The molecule has 1 N–H and O–H groups in total. The average molecular weight is 376 g/mol. The number of benzene rings is 2. The Morgan fingerprint density at radius 2 is 1.71 bits per heavy atom. The molecule has 0 bridgehead atoms. The zero-order chi connectivity index (χ0) is 19.5. The van der Waals surface area contributed by atoms with Gasteiger partial charge in [-0.15, -0.1) is 0 Å². The lowest BCUT2D eigenvalue weighted by molar-refractivity contribution is 0.215. The summed E-state index contributed by atoms with van der Waals surface area (Å²) in [5.74, 6) is 0. The van der Waals surface area contributed by atoms with Gasteiger partial charge in [0.25, 0.3) is 0 Å². The molecule has 0 saturated carbocycles. The highest BCUT2D eigenvalue weighted by molar-refractivity contribution is 6.45. The first-order valence-corrected chi connectivity index (χ1v) is 11.0. The van der Waals surface area contributed by atoms with E-state index in [4.69, 9.17) is 0 Å². The van der Waals surface area contributed by atoms with E-state index in [-0.39, 0.29) is 7.05 Å². The highest BCUT2D eigenvalue weighted by Crippen LogP contribution is 2.32. The molecule has 2 aromatic carbocycles. The second-order valence-electron chi connectivity index (χ2n) is 8.62. The highest BCUT2D eigenvalue weighted by atomic mass is 16.2. The van der Waals surface area contributed by atoms with Gasteiger partial charge in [-0.25, -0.2) is 0 Å². The molecule has 1 atom stereocenters. The molecule has 1 saturated heterocycles. The second kappa shape index (κ2) is 8.71. The van der Waals surface area contributed by atoms with Crippen molar-refractivity contribution in [1.82, 2.24) is 4.81 Å². The summed E-state index contributed by atoms with van der Waals surface area (Å²) < 4.78 is 0. The van der Waals surface area contributed by atoms with E-state index in [1.165, 1.54) is 41.6 Å². The van der Waals surface area contributed by atoms with Crippen LogP contribution in [0.5, 0.6) is 0 Å². The molecule has 3 nitrogen and oxygen atoms in total. The molecule has 0 unspecified atom stereocenters. The Bertz CT molecular complexity index is 769. The highest BCUT2D eigenvalue weighted by Gasteiger charge is 2.31. The van der Waals surface area contributed by atoms with Gasteiger partial charge >= 0.3 is 7.05 Å². The summed E-state index contributed by atoms with van der Waals surface area (Å²) in [6.45, 7) is 6.23. The quantitative estimate of drug-likeness (QED) is 0.761. The minimum absolute atomic E-state index is 0.340. The van der Waals surface area contributed by atoms with Gasteiger partial charge in [0.15, 0.2) is 0 Å². The van der Waals surface area contributed by atoms with Crippen molar-refractivity contribution >= 4 is 12.7 Å². The third-order valence-electron chi connectivity index (χ3n) is 6.75. The van der Waals surface area contributed by atoms with Crippen molar-refractivity contribution in [3.63, 3.8) is 0 Å². The Morgan fingerprint density at radius 1 is 1.04 bits per heavy atom. The van der Waals surface area contributed by atoms with Crippen molar-refractivity contribution in [2.24, 2.45) is 0 Å². The van der Waals surface area contributed by atoms with Crippen LogP contribution < -0.4 is 4.90 Å². The maximum Gasteiger partial charge on any atom is 0.376 e. The zero-order valence-corrected chi connectivity index (χ0v) is 17.3. The van der Waals surface area contributed by atoms with Crippen LogP contribution in [0.1, 0.15) is 42.4 Å². The van der Waals surface area contributed by atoms with Gasteiger partial charge in [0.2, 0.25) is 0 Å². The van der Waals surface area contributed by atoms with Gasteiger partial charge in [-0.3, -0.25) is 0 Å². The predicted octanol–water partition coefficient (Wildman–Crippen LogP) is 4.32. The first-order chi connectivity index (χ1) is 13.6. The van der Waals surface area contributed by atoms with Gasteiger partial charge in [-0.1, -0.05) is 48.9 Å². The lowest BCUT2D eigenvalue weighted by atomic mass is 9.79. The van der Waals surface area contributed by atoms with E-state index in [0.717, 1.165) is 32.4 Å². The van der Waals surface area contributed by atoms with Crippen LogP contribution in [-0.2, 0) is 12.8 Å². The molecule has 1 aliphatic carbocycles. The van der Waals surface area contributed by atoms with Crippen molar-refractivity contribution < 1.29 is 5.02 Å². The first kappa shape index (κ1) is 19.5. The standard InChI is InChI=1S/C24H33BN2O/c1-19-9-3-6-13-24(19)26(23-17-20-10-4-5-11-21(20)18-23)16-14-22-12-7-8-15-27(22)25(2)28/h3-6,9-11,13,22-23,28H,7-8,12,14-18H2,1-2H3/t22-/m1/s1. The van der Waals surface area contributed by atoms with Gasteiger partial charge < -0.3 is 14.7 Å². The van der Waals surface area contributed by atoms with Crippen LogP contribution in [-0.4, -0.2) is 42.1 Å². The molecular formula is C24H33BN2O. The molecule has 0 aromatic heterocycles. The number of piperidine rings is 1. The van der Waals surface area contributed by atoms with E-state index in [9.17, 15) is 5.02 Å². The maximum absolute atomic E-state index is 10.2. The number of rotatable bonds is 6. The summed E-state index contributed by atoms with van der Waals surface area (Å²) in [7, 11) is -0.340. The molecule has 1 heterocycles. The van der Waals surface area contributed by atoms with Crippen molar-refractivity contribution in [1.29, 1.82) is 0 Å². The van der Waals surface area contributed by atoms with Crippen LogP contribution in [0.4, 0.5) is 5.69 Å². The van der Waals surface area contributed by atoms with Crippen LogP contribution in [0.15, 0.2) is 48.5 Å². The Hall–Kier alpha value is -1.78. The van der Waals surface area contributed by atoms with Crippen molar-refractivity contribution in [3.05, 3.63) is 65.2 Å². The SMILES string of the molecule is CB(O)N1CCCC[C@@H]1CCN(c1ccccc1C)C1Cc2ccccc2C1. The van der Waals surface area contributed by atoms with E-state index in [1.54, 1.807) is 0 Å². The molecule has 0 radical (unpaired) electrons. The monoisotopic (exact) mass is 376 g/mol. The Labute approximate surface area is 170 Å². The summed E-state index contributed by atoms with van der Waals surface area (Å²) in [6, 6.07) is 18.8. The van der Waals surface area contributed by atoms with E-state index < -0.39 is 0 Å². The Morgan fingerprint density at radius 3 is 2.39 bits per heavy atom. The smallest absolute Gasteiger partial charge is 0.376 e. The number of fused-ring (bicyclic) bond motifs is 1. The fraction of sp³-hybridized carbons (Fsp3) is 0.500. The van der Waals surface area contributed by atoms with Crippen molar-refractivity contribution in [2.45, 2.75) is 64.4 Å². The zero-order valence-electron chi connectivity index (χ0n) is 17.3. The number of hydrogen-bond acceptors (Lipinski definition) is 3. The third kappa shape index (κ3) is 4.13. The molecule has 1 aliphatic heterocycles. The van der Waals surface area contributed by atoms with E-state index in [2.05, 4.69) is 65.2 Å².